The van der Waals surface area contributed by atoms with Crippen molar-refractivity contribution >= 4 is 5.97 Å². The summed E-state index contributed by atoms with van der Waals surface area (Å²) in [6.07, 6.45) is 0.553. The first-order chi connectivity index (χ1) is 9.06. The lowest BCUT2D eigenvalue weighted by atomic mass is 10.00. The summed E-state index contributed by atoms with van der Waals surface area (Å²) in [4.78, 5) is 13.5. The monoisotopic (exact) mass is 263 g/mol. The predicted octanol–water partition coefficient (Wildman–Crippen LogP) is 1.63. The minimum absolute atomic E-state index is 0.454. The molecule has 1 fully saturated rings. The Labute approximate surface area is 114 Å². The third kappa shape index (κ3) is 3.78. The number of aliphatic carboxylic acids is 1. The van der Waals surface area contributed by atoms with Crippen molar-refractivity contribution in [2.24, 2.45) is 0 Å². The van der Waals surface area contributed by atoms with Gasteiger partial charge in [-0.25, -0.2) is 0 Å². The van der Waals surface area contributed by atoms with E-state index in [0.29, 0.717) is 32.7 Å². The smallest absolute Gasteiger partial charge is 0.321 e. The number of carbonyl (C=O) groups is 1. The van der Waals surface area contributed by atoms with Gasteiger partial charge in [0.15, 0.2) is 0 Å². The summed E-state index contributed by atoms with van der Waals surface area (Å²) in [6.45, 7) is 6.72. The van der Waals surface area contributed by atoms with Gasteiger partial charge in [-0.2, -0.15) is 0 Å². The van der Waals surface area contributed by atoms with Crippen LogP contribution in [0, 0.1) is 13.8 Å². The molecule has 4 nitrogen and oxygen atoms in total. The molecule has 0 aromatic heterocycles. The Bertz CT molecular complexity index is 432. The van der Waals surface area contributed by atoms with Crippen LogP contribution in [0.3, 0.4) is 0 Å². The Balaban J connectivity index is 2.13. The molecule has 0 saturated carbocycles. The van der Waals surface area contributed by atoms with E-state index in [0.717, 1.165) is 5.56 Å². The Morgan fingerprint density at radius 2 is 1.84 bits per heavy atom. The van der Waals surface area contributed by atoms with E-state index in [1.165, 1.54) is 11.1 Å². The summed E-state index contributed by atoms with van der Waals surface area (Å²) >= 11 is 0. The maximum absolute atomic E-state index is 11.5. The van der Waals surface area contributed by atoms with E-state index in [1.54, 1.807) is 0 Å². The Hall–Kier alpha value is -1.39. The molecule has 0 radical (unpaired) electrons. The van der Waals surface area contributed by atoms with Crippen LogP contribution in [-0.4, -0.2) is 48.3 Å². The van der Waals surface area contributed by atoms with Crippen molar-refractivity contribution in [3.63, 3.8) is 0 Å². The average Bonchev–Trinajstić information content (AvgIpc) is 2.35. The number of nitrogens with zero attached hydrogens (tertiary/aromatic N) is 1. The van der Waals surface area contributed by atoms with Gasteiger partial charge in [0.25, 0.3) is 0 Å². The van der Waals surface area contributed by atoms with Crippen LogP contribution in [0.25, 0.3) is 0 Å². The molecule has 0 bridgehead atoms. The third-order valence-electron chi connectivity index (χ3n) is 3.48. The number of ether oxygens (including phenoxy) is 1. The largest absolute Gasteiger partial charge is 0.480 e. The van der Waals surface area contributed by atoms with Gasteiger partial charge in [-0.15, -0.1) is 0 Å². The quantitative estimate of drug-likeness (QED) is 0.897. The highest BCUT2D eigenvalue weighted by atomic mass is 16.5. The number of hydrogen-bond acceptors (Lipinski definition) is 3. The second-order valence-electron chi connectivity index (χ2n) is 5.20. The van der Waals surface area contributed by atoms with Crippen molar-refractivity contribution < 1.29 is 14.6 Å². The zero-order chi connectivity index (χ0) is 13.8. The fourth-order valence-corrected chi connectivity index (χ4v) is 2.67. The zero-order valence-corrected chi connectivity index (χ0v) is 11.6. The van der Waals surface area contributed by atoms with Gasteiger partial charge in [0.2, 0.25) is 0 Å². The van der Waals surface area contributed by atoms with Gasteiger partial charge >= 0.3 is 5.97 Å². The molecule has 1 N–H and O–H groups in total. The molecule has 1 heterocycles. The van der Waals surface area contributed by atoms with Crippen molar-refractivity contribution in [3.05, 3.63) is 34.9 Å². The van der Waals surface area contributed by atoms with Gasteiger partial charge < -0.3 is 9.84 Å². The first-order valence-electron chi connectivity index (χ1n) is 6.68. The maximum Gasteiger partial charge on any atom is 0.321 e. The molecule has 0 spiro atoms. The number of carboxylic acid groups (broad SMARTS) is 1. The molecule has 2 rings (SSSR count). The zero-order valence-electron chi connectivity index (χ0n) is 11.6. The van der Waals surface area contributed by atoms with Crippen molar-refractivity contribution in [3.8, 4) is 0 Å². The van der Waals surface area contributed by atoms with Crippen LogP contribution < -0.4 is 0 Å². The van der Waals surface area contributed by atoms with Crippen LogP contribution in [0.15, 0.2) is 18.2 Å². The molecular weight excluding hydrogens is 242 g/mol. The fraction of sp³-hybridized carbons (Fsp3) is 0.533. The maximum atomic E-state index is 11.5. The van der Waals surface area contributed by atoms with E-state index in [1.807, 2.05) is 18.7 Å². The Morgan fingerprint density at radius 1 is 1.26 bits per heavy atom. The normalized spacial score (nSPS) is 18.2. The molecule has 0 unspecified atom stereocenters. The first kappa shape index (κ1) is 14.0. The molecule has 1 saturated heterocycles. The van der Waals surface area contributed by atoms with Crippen LogP contribution >= 0.6 is 0 Å². The molecule has 1 aliphatic rings. The van der Waals surface area contributed by atoms with Gasteiger partial charge in [0.1, 0.15) is 6.04 Å². The van der Waals surface area contributed by atoms with E-state index >= 15 is 0 Å². The van der Waals surface area contributed by atoms with Gasteiger partial charge in [-0.05, 0) is 25.8 Å². The molecule has 1 atom stereocenters. The number of aryl methyl sites for hydroxylation is 2. The van der Waals surface area contributed by atoms with Gasteiger partial charge in [0.05, 0.1) is 13.2 Å². The van der Waals surface area contributed by atoms with Crippen LogP contribution in [-0.2, 0) is 16.0 Å². The number of hydrogen-bond donors (Lipinski definition) is 1. The summed E-state index contributed by atoms with van der Waals surface area (Å²) in [5.41, 5.74) is 3.46. The highest BCUT2D eigenvalue weighted by Crippen LogP contribution is 2.15. The van der Waals surface area contributed by atoms with Crippen LogP contribution in [0.4, 0.5) is 0 Å². The van der Waals surface area contributed by atoms with Crippen molar-refractivity contribution in [1.82, 2.24) is 4.90 Å². The lowest BCUT2D eigenvalue weighted by molar-refractivity contribution is -0.145. The van der Waals surface area contributed by atoms with Gasteiger partial charge in [-0.3, -0.25) is 9.69 Å². The van der Waals surface area contributed by atoms with E-state index in [4.69, 9.17) is 4.74 Å². The summed E-state index contributed by atoms with van der Waals surface area (Å²) in [7, 11) is 0. The highest BCUT2D eigenvalue weighted by molar-refractivity contribution is 5.74. The first-order valence-corrected chi connectivity index (χ1v) is 6.68. The fourth-order valence-electron chi connectivity index (χ4n) is 2.67. The van der Waals surface area contributed by atoms with Crippen molar-refractivity contribution in [1.29, 1.82) is 0 Å². The second kappa shape index (κ2) is 6.17. The van der Waals surface area contributed by atoms with Crippen molar-refractivity contribution in [2.75, 3.05) is 26.3 Å². The number of benzene rings is 1. The van der Waals surface area contributed by atoms with Gasteiger partial charge in [0, 0.05) is 13.1 Å². The average molecular weight is 263 g/mol. The molecule has 0 amide bonds. The second-order valence-corrected chi connectivity index (χ2v) is 5.20. The number of morpholine rings is 1. The summed E-state index contributed by atoms with van der Waals surface area (Å²) in [5, 5.41) is 9.44. The van der Waals surface area contributed by atoms with Crippen LogP contribution in [0.2, 0.25) is 0 Å². The molecule has 1 aromatic carbocycles. The van der Waals surface area contributed by atoms with E-state index in [2.05, 4.69) is 18.2 Å². The Morgan fingerprint density at radius 3 is 2.37 bits per heavy atom. The molecule has 19 heavy (non-hydrogen) atoms. The predicted molar refractivity (Wildman–Crippen MR) is 73.4 cm³/mol. The number of carboxylic acids is 1. The molecule has 4 heteroatoms. The molecule has 1 aromatic rings. The Kier molecular flexibility index (Phi) is 4.56. The summed E-state index contributed by atoms with van der Waals surface area (Å²) in [5.74, 6) is -0.749. The lowest BCUT2D eigenvalue weighted by Gasteiger charge is -2.32. The summed E-state index contributed by atoms with van der Waals surface area (Å²) < 4.78 is 5.28. The third-order valence-corrected chi connectivity index (χ3v) is 3.48. The van der Waals surface area contributed by atoms with E-state index in [-0.39, 0.29) is 0 Å². The van der Waals surface area contributed by atoms with Crippen LogP contribution in [0.5, 0.6) is 0 Å². The van der Waals surface area contributed by atoms with E-state index < -0.39 is 12.0 Å². The lowest BCUT2D eigenvalue weighted by Crippen LogP contribution is -2.48. The van der Waals surface area contributed by atoms with E-state index in [9.17, 15) is 9.90 Å². The minimum atomic E-state index is -0.749. The molecule has 1 aliphatic heterocycles. The standard InChI is InChI=1S/C15H21NO3/c1-11-7-12(2)9-13(8-11)10-14(15(17)18)16-3-5-19-6-4-16/h7-9,14H,3-6,10H2,1-2H3,(H,17,18)/t14-/m0/s1. The molecule has 104 valence electrons. The molecular formula is C15H21NO3. The number of rotatable bonds is 4. The van der Waals surface area contributed by atoms with Gasteiger partial charge in [-0.1, -0.05) is 29.3 Å². The summed E-state index contributed by atoms with van der Waals surface area (Å²) in [6, 6.07) is 5.80. The SMILES string of the molecule is Cc1cc(C)cc(C[C@@H](C(=O)O)N2CCOCC2)c1. The molecule has 0 aliphatic carbocycles. The highest BCUT2D eigenvalue weighted by Gasteiger charge is 2.27. The van der Waals surface area contributed by atoms with Crippen molar-refractivity contribution in [2.45, 2.75) is 26.3 Å². The topological polar surface area (TPSA) is 49.8 Å². The minimum Gasteiger partial charge on any atom is -0.480 e. The van der Waals surface area contributed by atoms with Crippen LogP contribution in [0.1, 0.15) is 16.7 Å².